The Hall–Kier alpha value is 0.600. The van der Waals surface area contributed by atoms with Crippen molar-refractivity contribution in [3.05, 3.63) is 0 Å². The van der Waals surface area contributed by atoms with Gasteiger partial charge in [0.2, 0.25) is 0 Å². The van der Waals surface area contributed by atoms with Crippen LogP contribution in [-0.2, 0) is 18.3 Å². The van der Waals surface area contributed by atoms with Gasteiger partial charge in [-0.15, -0.1) is 0 Å². The molecule has 8 N–H and O–H groups in total. The smallest absolute Gasteiger partial charge is 0.324 e. The molecule has 0 bridgehead atoms. The van der Waals surface area contributed by atoms with E-state index in [1.165, 1.54) is 0 Å². The molecule has 0 saturated carbocycles. The summed E-state index contributed by atoms with van der Waals surface area (Å²) < 4.78 is 43.6. The van der Waals surface area contributed by atoms with Crippen LogP contribution in [0.3, 0.4) is 0 Å². The molecule has 122 valence electrons. The first-order chi connectivity index (χ1) is 8.47. The fraction of sp³-hybridized carbons (Fsp3) is 1.00. The van der Waals surface area contributed by atoms with E-state index in [1.807, 2.05) is 0 Å². The highest BCUT2D eigenvalue weighted by Gasteiger charge is 2.48. The molecule has 0 atom stereocenters. The molecule has 0 radical (unpaired) electrons. The van der Waals surface area contributed by atoms with Crippen molar-refractivity contribution in [2.75, 3.05) is 0 Å². The molecule has 0 aromatic carbocycles. The minimum atomic E-state index is -5.33. The van der Waals surface area contributed by atoms with Crippen molar-refractivity contribution in [1.29, 1.82) is 0 Å². The Balaban J connectivity index is 5.31. The van der Waals surface area contributed by atoms with Crippen LogP contribution in [0.1, 0.15) is 12.8 Å². The minimum Gasteiger partial charge on any atom is -0.324 e. The first-order valence-corrected chi connectivity index (χ1v) is 11.4. The zero-order valence-corrected chi connectivity index (χ0v) is 13.1. The Morgan fingerprint density at radius 2 is 0.650 bits per heavy atom. The Kier molecular flexibility index (Phi) is 6.57. The van der Waals surface area contributed by atoms with Crippen LogP contribution < -0.4 is 0 Å². The van der Waals surface area contributed by atoms with Crippen LogP contribution in [0, 0.1) is 0 Å². The first kappa shape index (κ1) is 20.6. The monoisotopic (exact) mass is 378 g/mol. The highest BCUT2D eigenvalue weighted by atomic mass is 31.2. The predicted molar refractivity (Wildman–Crippen MR) is 65.0 cm³/mol. The van der Waals surface area contributed by atoms with E-state index in [9.17, 15) is 18.3 Å². The summed E-state index contributed by atoms with van der Waals surface area (Å²) in [6.45, 7) is 0. The van der Waals surface area contributed by atoms with Gasteiger partial charge in [0.15, 0.2) is 10.8 Å². The number of hydrogen-bond donors (Lipinski definition) is 8. The zero-order chi connectivity index (χ0) is 16.6. The van der Waals surface area contributed by atoms with E-state index in [4.69, 9.17) is 39.1 Å². The molecule has 0 saturated heterocycles. The van der Waals surface area contributed by atoms with Crippen LogP contribution in [0.5, 0.6) is 0 Å². The molecule has 12 nitrogen and oxygen atoms in total. The highest BCUT2D eigenvalue weighted by Crippen LogP contribution is 2.65. The summed E-state index contributed by atoms with van der Waals surface area (Å²) in [5, 5.41) is -5.17. The third kappa shape index (κ3) is 6.58. The molecule has 0 heterocycles. The molecule has 16 heteroatoms. The van der Waals surface area contributed by atoms with Gasteiger partial charge in [-0.3, -0.25) is 18.3 Å². The van der Waals surface area contributed by atoms with E-state index >= 15 is 0 Å². The quantitative estimate of drug-likeness (QED) is 0.253. The van der Waals surface area contributed by atoms with E-state index in [2.05, 4.69) is 0 Å². The van der Waals surface area contributed by atoms with Crippen molar-refractivity contribution < 1.29 is 57.4 Å². The zero-order valence-electron chi connectivity index (χ0n) is 9.57. The van der Waals surface area contributed by atoms with E-state index in [0.29, 0.717) is 0 Å². The summed E-state index contributed by atoms with van der Waals surface area (Å²) in [6.07, 6.45) is -2.34. The van der Waals surface area contributed by atoms with Gasteiger partial charge in [0.05, 0.1) is 0 Å². The Bertz CT molecular complexity index is 424. The molecule has 0 rings (SSSR count). The van der Waals surface area contributed by atoms with Gasteiger partial charge in [0.25, 0.3) is 0 Å². The van der Waals surface area contributed by atoms with Gasteiger partial charge in [-0.25, -0.2) is 0 Å². The summed E-state index contributed by atoms with van der Waals surface area (Å²) in [6, 6.07) is 0. The summed E-state index contributed by atoms with van der Waals surface area (Å²) >= 11 is 0. The minimum absolute atomic E-state index is 1.17. The lowest BCUT2D eigenvalue weighted by Gasteiger charge is -2.23. The molecule has 0 aliphatic heterocycles. The molecule has 0 unspecified atom stereocenters. The van der Waals surface area contributed by atoms with Crippen molar-refractivity contribution in [2.24, 2.45) is 0 Å². The second-order valence-electron chi connectivity index (χ2n) is 3.89. The van der Waals surface area contributed by atoms with Gasteiger partial charge >= 0.3 is 30.4 Å². The maximum Gasteiger partial charge on any atom is 0.340 e. The molecule has 0 spiro atoms. The molecule has 0 aromatic heterocycles. The Labute approximate surface area is 112 Å². The van der Waals surface area contributed by atoms with Gasteiger partial charge < -0.3 is 39.1 Å². The van der Waals surface area contributed by atoms with Gasteiger partial charge in [-0.1, -0.05) is 0 Å². The number of hydrogen-bond acceptors (Lipinski definition) is 4. The third-order valence-corrected chi connectivity index (χ3v) is 9.98. The van der Waals surface area contributed by atoms with Crippen LogP contribution in [0.15, 0.2) is 0 Å². The lowest BCUT2D eigenvalue weighted by Crippen LogP contribution is -2.15. The van der Waals surface area contributed by atoms with Crippen LogP contribution in [0.25, 0.3) is 0 Å². The molecule has 0 fully saturated rings. The molecule has 0 aliphatic rings. The summed E-state index contributed by atoms with van der Waals surface area (Å²) in [5.74, 6) is 0. The molecular formula is C4H14O12P4. The average molecular weight is 378 g/mol. The standard InChI is InChI=1S/C4H14O12P4/c5-17(6,7)3(18(8,9)10)1-2-4(19(11,12)13)20(14,15)16/h3-4H,1-2H2,(H2,5,6,7)(H2,8,9,10)(H2,11,12,13)(H2,14,15,16). The molecule has 0 amide bonds. The fourth-order valence-electron chi connectivity index (χ4n) is 1.36. The van der Waals surface area contributed by atoms with Crippen LogP contribution in [0.2, 0.25) is 0 Å². The lowest BCUT2D eigenvalue weighted by atomic mass is 10.4. The van der Waals surface area contributed by atoms with Gasteiger partial charge in [-0.05, 0) is 12.8 Å². The Morgan fingerprint density at radius 3 is 0.750 bits per heavy atom. The fourth-order valence-corrected chi connectivity index (χ4v) is 6.44. The van der Waals surface area contributed by atoms with Crippen LogP contribution in [0.4, 0.5) is 0 Å². The normalized spacial score (nSPS) is 15.1. The van der Waals surface area contributed by atoms with Crippen molar-refractivity contribution >= 4 is 30.4 Å². The van der Waals surface area contributed by atoms with Gasteiger partial charge in [0.1, 0.15) is 0 Å². The van der Waals surface area contributed by atoms with Gasteiger partial charge in [0, 0.05) is 0 Å². The second-order valence-corrected chi connectivity index (χ2v) is 11.9. The van der Waals surface area contributed by atoms with E-state index < -0.39 is 54.0 Å². The van der Waals surface area contributed by atoms with E-state index in [0.717, 1.165) is 0 Å². The third-order valence-electron chi connectivity index (χ3n) is 2.24. The van der Waals surface area contributed by atoms with Crippen molar-refractivity contribution in [3.63, 3.8) is 0 Å². The highest BCUT2D eigenvalue weighted by molar-refractivity contribution is 7.71. The topological polar surface area (TPSA) is 230 Å². The van der Waals surface area contributed by atoms with Crippen LogP contribution in [-0.4, -0.2) is 49.9 Å². The maximum absolute atomic E-state index is 10.9. The van der Waals surface area contributed by atoms with E-state index in [-0.39, 0.29) is 0 Å². The van der Waals surface area contributed by atoms with Crippen molar-refractivity contribution in [3.8, 4) is 0 Å². The Morgan fingerprint density at radius 1 is 0.500 bits per heavy atom. The van der Waals surface area contributed by atoms with Crippen molar-refractivity contribution in [1.82, 2.24) is 0 Å². The summed E-state index contributed by atoms with van der Waals surface area (Å²) in [7, 11) is -21.3. The number of rotatable bonds is 7. The first-order valence-electron chi connectivity index (χ1n) is 4.68. The summed E-state index contributed by atoms with van der Waals surface area (Å²) in [4.78, 5) is 70.1. The average Bonchev–Trinajstić information content (AvgIpc) is 2.02. The lowest BCUT2D eigenvalue weighted by molar-refractivity contribution is 0.319. The van der Waals surface area contributed by atoms with E-state index in [1.54, 1.807) is 0 Å². The van der Waals surface area contributed by atoms with Crippen LogP contribution >= 0.6 is 30.4 Å². The second kappa shape index (κ2) is 6.38. The molecular weight excluding hydrogens is 364 g/mol. The van der Waals surface area contributed by atoms with Gasteiger partial charge in [-0.2, -0.15) is 0 Å². The molecule has 0 aliphatic carbocycles. The van der Waals surface area contributed by atoms with Crippen molar-refractivity contribution in [2.45, 2.75) is 23.6 Å². The molecule has 20 heavy (non-hydrogen) atoms. The maximum atomic E-state index is 10.9. The molecule has 0 aromatic rings. The SMILES string of the molecule is O=P(O)(O)C(CCC(P(=O)(O)O)P(=O)(O)O)P(=O)(O)O. The predicted octanol–water partition coefficient (Wildman–Crippen LogP) is -0.870. The summed E-state index contributed by atoms with van der Waals surface area (Å²) in [5.41, 5.74) is 0. The largest absolute Gasteiger partial charge is 0.340 e.